The number of aryl methyl sites for hydroxylation is 1. The fraction of sp³-hybridized carbons (Fsp3) is 0.545. The molecule has 0 spiro atoms. The molecule has 3 rings (SSSR count). The van der Waals surface area contributed by atoms with E-state index in [1.165, 1.54) is 17.7 Å². The van der Waals surface area contributed by atoms with Gasteiger partial charge in [0.05, 0.1) is 12.2 Å². The Morgan fingerprint density at radius 3 is 2.48 bits per heavy atom. The molecule has 1 aliphatic rings. The molecular formula is C22H35FIN7. The number of rotatable bonds is 7. The number of likely N-dealkylation sites (tertiary alicyclic amines) is 1. The molecule has 0 amide bonds. The van der Waals surface area contributed by atoms with Crippen molar-refractivity contribution in [3.63, 3.8) is 0 Å². The fourth-order valence-corrected chi connectivity index (χ4v) is 3.88. The van der Waals surface area contributed by atoms with Gasteiger partial charge in [-0.2, -0.15) is 5.10 Å². The summed E-state index contributed by atoms with van der Waals surface area (Å²) in [5.74, 6) is 0.656. The molecule has 1 aliphatic heterocycles. The molecular weight excluding hydrogens is 508 g/mol. The summed E-state index contributed by atoms with van der Waals surface area (Å²) >= 11 is 0. The highest BCUT2D eigenvalue weighted by Crippen LogP contribution is 2.17. The van der Waals surface area contributed by atoms with Gasteiger partial charge in [-0.15, -0.1) is 24.0 Å². The second-order valence-corrected chi connectivity index (χ2v) is 8.20. The third kappa shape index (κ3) is 7.73. The first kappa shape index (κ1) is 25.5. The Hall–Kier alpha value is -1.72. The zero-order valence-electron chi connectivity index (χ0n) is 18.9. The van der Waals surface area contributed by atoms with Crippen LogP contribution in [0.3, 0.4) is 0 Å². The van der Waals surface area contributed by atoms with Crippen molar-refractivity contribution in [2.75, 3.05) is 40.8 Å². The maximum atomic E-state index is 13.1. The van der Waals surface area contributed by atoms with Crippen molar-refractivity contribution in [2.24, 2.45) is 12.0 Å². The van der Waals surface area contributed by atoms with E-state index in [0.717, 1.165) is 50.5 Å². The predicted molar refractivity (Wildman–Crippen MR) is 134 cm³/mol. The molecule has 1 fully saturated rings. The maximum absolute atomic E-state index is 13.1. The van der Waals surface area contributed by atoms with Gasteiger partial charge in [0.1, 0.15) is 5.82 Å². The van der Waals surface area contributed by atoms with E-state index in [1.807, 2.05) is 37.1 Å². The molecule has 1 aromatic heterocycles. The lowest BCUT2D eigenvalue weighted by Crippen LogP contribution is -2.49. The fourth-order valence-electron chi connectivity index (χ4n) is 3.88. The Kier molecular flexibility index (Phi) is 10.2. The minimum atomic E-state index is -0.180. The van der Waals surface area contributed by atoms with Crippen LogP contribution in [-0.4, -0.2) is 72.4 Å². The summed E-state index contributed by atoms with van der Waals surface area (Å²) < 4.78 is 14.9. The topological polar surface area (TPSA) is 60.7 Å². The van der Waals surface area contributed by atoms with Crippen LogP contribution in [0.1, 0.15) is 30.0 Å². The SMILES string of the molecule is CN=C(NCC(c1cnn(C)c1)N(C)C)NC1CCN(Cc2ccc(F)cc2)CC1.I. The smallest absolute Gasteiger partial charge is 0.191 e. The van der Waals surface area contributed by atoms with E-state index in [1.54, 1.807) is 0 Å². The van der Waals surface area contributed by atoms with Gasteiger partial charge in [0.25, 0.3) is 0 Å². The summed E-state index contributed by atoms with van der Waals surface area (Å²) in [6.45, 7) is 3.65. The second kappa shape index (κ2) is 12.4. The molecule has 0 aliphatic carbocycles. The number of nitrogens with zero attached hydrogens (tertiary/aromatic N) is 5. The summed E-state index contributed by atoms with van der Waals surface area (Å²) in [4.78, 5) is 9.02. The van der Waals surface area contributed by atoms with E-state index >= 15 is 0 Å². The average molecular weight is 543 g/mol. The van der Waals surface area contributed by atoms with Gasteiger partial charge in [-0.1, -0.05) is 12.1 Å². The van der Waals surface area contributed by atoms with E-state index in [0.29, 0.717) is 6.04 Å². The minimum absolute atomic E-state index is 0. The van der Waals surface area contributed by atoms with Gasteiger partial charge in [-0.25, -0.2) is 4.39 Å². The third-order valence-electron chi connectivity index (χ3n) is 5.67. The first-order valence-electron chi connectivity index (χ1n) is 10.5. The number of aliphatic imine (C=N–C) groups is 1. The highest BCUT2D eigenvalue weighted by molar-refractivity contribution is 14.0. The molecule has 31 heavy (non-hydrogen) atoms. The molecule has 0 bridgehead atoms. The van der Waals surface area contributed by atoms with E-state index in [4.69, 9.17) is 0 Å². The highest BCUT2D eigenvalue weighted by atomic mass is 127. The maximum Gasteiger partial charge on any atom is 0.191 e. The zero-order valence-corrected chi connectivity index (χ0v) is 21.2. The van der Waals surface area contributed by atoms with Gasteiger partial charge >= 0.3 is 0 Å². The standard InChI is InChI=1S/C22H34FN7.HI/c1-24-22(25-14-21(28(2)3)18-13-26-29(4)16-18)27-20-9-11-30(12-10-20)15-17-5-7-19(23)8-6-17;/h5-8,13,16,20-21H,9-12,14-15H2,1-4H3,(H2,24,25,27);1H. The van der Waals surface area contributed by atoms with Crippen LogP contribution in [0.5, 0.6) is 0 Å². The normalized spacial score (nSPS) is 16.8. The van der Waals surface area contributed by atoms with Crippen molar-refractivity contribution < 1.29 is 4.39 Å². The van der Waals surface area contributed by atoms with Crippen LogP contribution in [0.25, 0.3) is 0 Å². The van der Waals surface area contributed by atoms with Crippen LogP contribution in [0.2, 0.25) is 0 Å². The summed E-state index contributed by atoms with van der Waals surface area (Å²) in [7, 11) is 7.90. The number of nitrogens with one attached hydrogen (secondary N) is 2. The number of piperidine rings is 1. The van der Waals surface area contributed by atoms with Crippen molar-refractivity contribution in [2.45, 2.75) is 31.5 Å². The molecule has 1 unspecified atom stereocenters. The van der Waals surface area contributed by atoms with Gasteiger partial charge in [-0.05, 0) is 44.6 Å². The molecule has 0 saturated carbocycles. The molecule has 7 nitrogen and oxygen atoms in total. The van der Waals surface area contributed by atoms with Gasteiger partial charge < -0.3 is 15.5 Å². The first-order chi connectivity index (χ1) is 14.4. The van der Waals surface area contributed by atoms with Gasteiger partial charge in [0.2, 0.25) is 0 Å². The predicted octanol–water partition coefficient (Wildman–Crippen LogP) is 2.61. The molecule has 1 saturated heterocycles. The van der Waals surface area contributed by atoms with Crippen molar-refractivity contribution >= 4 is 29.9 Å². The average Bonchev–Trinajstić information content (AvgIpc) is 3.16. The second-order valence-electron chi connectivity index (χ2n) is 8.20. The van der Waals surface area contributed by atoms with E-state index in [2.05, 4.69) is 50.8 Å². The highest BCUT2D eigenvalue weighted by Gasteiger charge is 2.21. The molecule has 1 atom stereocenters. The molecule has 2 N–H and O–H groups in total. The van der Waals surface area contributed by atoms with E-state index in [-0.39, 0.29) is 35.8 Å². The number of aromatic nitrogens is 2. The Morgan fingerprint density at radius 1 is 1.26 bits per heavy atom. The Bertz CT molecular complexity index is 814. The Morgan fingerprint density at radius 2 is 1.94 bits per heavy atom. The van der Waals surface area contributed by atoms with Crippen LogP contribution in [0, 0.1) is 5.82 Å². The van der Waals surface area contributed by atoms with E-state index < -0.39 is 0 Å². The van der Waals surface area contributed by atoms with Crippen LogP contribution < -0.4 is 10.6 Å². The summed E-state index contributed by atoms with van der Waals surface area (Å²) in [6.07, 6.45) is 6.09. The molecule has 2 aromatic rings. The molecule has 2 heterocycles. The monoisotopic (exact) mass is 543 g/mol. The van der Waals surface area contributed by atoms with Gasteiger partial charge in [0.15, 0.2) is 5.96 Å². The third-order valence-corrected chi connectivity index (χ3v) is 5.67. The lowest BCUT2D eigenvalue weighted by molar-refractivity contribution is 0.198. The van der Waals surface area contributed by atoms with Crippen molar-refractivity contribution in [3.05, 3.63) is 53.6 Å². The lowest BCUT2D eigenvalue weighted by Gasteiger charge is -2.33. The number of benzene rings is 1. The van der Waals surface area contributed by atoms with Gasteiger partial charge in [0, 0.05) is 58.1 Å². The number of hydrogen-bond acceptors (Lipinski definition) is 4. The van der Waals surface area contributed by atoms with Crippen LogP contribution >= 0.6 is 24.0 Å². The molecule has 172 valence electrons. The Balaban J connectivity index is 0.00000341. The number of likely N-dealkylation sites (N-methyl/N-ethyl adjacent to an activating group) is 1. The lowest BCUT2D eigenvalue weighted by atomic mass is 10.0. The zero-order chi connectivity index (χ0) is 21.5. The molecule has 1 aromatic carbocycles. The molecule has 0 radical (unpaired) electrons. The largest absolute Gasteiger partial charge is 0.354 e. The van der Waals surface area contributed by atoms with Crippen molar-refractivity contribution in [1.82, 2.24) is 30.2 Å². The number of hydrogen-bond donors (Lipinski definition) is 2. The van der Waals surface area contributed by atoms with Crippen LogP contribution in [-0.2, 0) is 13.6 Å². The quantitative estimate of drug-likeness (QED) is 0.320. The van der Waals surface area contributed by atoms with E-state index in [9.17, 15) is 4.39 Å². The van der Waals surface area contributed by atoms with Crippen LogP contribution in [0.15, 0.2) is 41.7 Å². The van der Waals surface area contributed by atoms with Crippen molar-refractivity contribution in [1.29, 1.82) is 0 Å². The van der Waals surface area contributed by atoms with Gasteiger partial charge in [-0.3, -0.25) is 14.6 Å². The Labute approximate surface area is 202 Å². The summed E-state index contributed by atoms with van der Waals surface area (Å²) in [5.41, 5.74) is 2.34. The summed E-state index contributed by atoms with van der Waals surface area (Å²) in [5, 5.41) is 11.3. The molecule has 9 heteroatoms. The van der Waals surface area contributed by atoms with Crippen LogP contribution in [0.4, 0.5) is 4.39 Å². The first-order valence-corrected chi connectivity index (χ1v) is 10.5. The minimum Gasteiger partial charge on any atom is -0.354 e. The van der Waals surface area contributed by atoms with Crippen molar-refractivity contribution in [3.8, 4) is 0 Å². The number of halogens is 2. The number of guanidine groups is 1. The summed E-state index contributed by atoms with van der Waals surface area (Å²) in [6, 6.07) is 7.42.